The Balaban J connectivity index is 1.48. The summed E-state index contributed by atoms with van der Waals surface area (Å²) in [6.45, 7) is -0.230. The highest BCUT2D eigenvalue weighted by molar-refractivity contribution is 7.93. The van der Waals surface area contributed by atoms with Crippen LogP contribution in [0.25, 0.3) is 10.8 Å². The molecule has 140 valence electrons. The van der Waals surface area contributed by atoms with Gasteiger partial charge in [-0.05, 0) is 23.6 Å². The molecule has 0 fully saturated rings. The van der Waals surface area contributed by atoms with Crippen LogP contribution in [0.2, 0.25) is 0 Å². The van der Waals surface area contributed by atoms with Crippen LogP contribution in [0.3, 0.4) is 0 Å². The highest BCUT2D eigenvalue weighted by Crippen LogP contribution is 2.41. The molecule has 0 bridgehead atoms. The van der Waals surface area contributed by atoms with E-state index >= 15 is 0 Å². The molecule has 0 aliphatic carbocycles. The first-order valence-corrected chi connectivity index (χ1v) is 9.96. The second-order valence-electron chi connectivity index (χ2n) is 6.43. The van der Waals surface area contributed by atoms with Crippen LogP contribution >= 0.6 is 0 Å². The maximum atomic E-state index is 13.6. The standard InChI is InChI=1S/C20H18FNO4S/c21-17-8-2-1-5-15(17)12-26-13-16(23)11-22-18-9-3-6-14-7-4-10-19(20(14)18)27(22,24)25/h1-10,16,23H,11-13H2. The first-order chi connectivity index (χ1) is 13.0. The summed E-state index contributed by atoms with van der Waals surface area (Å²) in [6.07, 6.45) is -1.05. The van der Waals surface area contributed by atoms with Crippen molar-refractivity contribution in [1.82, 2.24) is 0 Å². The Morgan fingerprint density at radius 1 is 1.04 bits per heavy atom. The van der Waals surface area contributed by atoms with E-state index in [4.69, 9.17) is 4.74 Å². The number of halogens is 1. The van der Waals surface area contributed by atoms with Crippen molar-refractivity contribution in [2.45, 2.75) is 17.6 Å². The van der Waals surface area contributed by atoms with Gasteiger partial charge in [0.1, 0.15) is 5.82 Å². The Kier molecular flexibility index (Phi) is 4.59. The zero-order valence-corrected chi connectivity index (χ0v) is 15.2. The quantitative estimate of drug-likeness (QED) is 0.706. The van der Waals surface area contributed by atoms with E-state index in [-0.39, 0.29) is 30.5 Å². The van der Waals surface area contributed by atoms with Crippen LogP contribution in [0, 0.1) is 5.82 Å². The lowest BCUT2D eigenvalue weighted by molar-refractivity contribution is 0.0324. The molecule has 27 heavy (non-hydrogen) atoms. The number of nitrogens with zero attached hydrogens (tertiary/aromatic N) is 1. The number of hydrogen-bond acceptors (Lipinski definition) is 4. The Morgan fingerprint density at radius 2 is 1.78 bits per heavy atom. The van der Waals surface area contributed by atoms with E-state index in [2.05, 4.69) is 0 Å². The number of aliphatic hydroxyl groups excluding tert-OH is 1. The van der Waals surface area contributed by atoms with E-state index in [1.54, 1.807) is 42.5 Å². The second-order valence-corrected chi connectivity index (χ2v) is 8.26. The molecule has 0 saturated carbocycles. The predicted molar refractivity (Wildman–Crippen MR) is 101 cm³/mol. The van der Waals surface area contributed by atoms with Crippen LogP contribution in [0.4, 0.5) is 10.1 Å². The minimum absolute atomic E-state index is 0.00624. The fourth-order valence-electron chi connectivity index (χ4n) is 3.32. The van der Waals surface area contributed by atoms with Crippen molar-refractivity contribution in [3.05, 3.63) is 72.0 Å². The van der Waals surface area contributed by atoms with Crippen molar-refractivity contribution in [2.75, 3.05) is 17.5 Å². The summed E-state index contributed by atoms with van der Waals surface area (Å²) >= 11 is 0. The van der Waals surface area contributed by atoms with Crippen molar-refractivity contribution in [2.24, 2.45) is 0 Å². The summed E-state index contributed by atoms with van der Waals surface area (Å²) in [6, 6.07) is 16.7. The zero-order chi connectivity index (χ0) is 19.0. The van der Waals surface area contributed by atoms with Gasteiger partial charge in [0, 0.05) is 10.9 Å². The highest BCUT2D eigenvalue weighted by atomic mass is 32.2. The van der Waals surface area contributed by atoms with Crippen molar-refractivity contribution < 1.29 is 22.7 Å². The van der Waals surface area contributed by atoms with Crippen LogP contribution < -0.4 is 4.31 Å². The molecule has 1 heterocycles. The van der Waals surface area contributed by atoms with Gasteiger partial charge in [0.05, 0.1) is 36.4 Å². The van der Waals surface area contributed by atoms with Gasteiger partial charge >= 0.3 is 0 Å². The van der Waals surface area contributed by atoms with Gasteiger partial charge in [0.25, 0.3) is 10.0 Å². The van der Waals surface area contributed by atoms with E-state index in [0.717, 1.165) is 5.39 Å². The normalized spacial score (nSPS) is 16.0. The van der Waals surface area contributed by atoms with Gasteiger partial charge in [-0.1, -0.05) is 42.5 Å². The number of benzene rings is 3. The van der Waals surface area contributed by atoms with Crippen molar-refractivity contribution in [3.8, 4) is 0 Å². The number of β-amino-alcohol motifs (C(OH)–C–C–N with tert-alkyl or cyclic N) is 1. The van der Waals surface area contributed by atoms with Gasteiger partial charge in [0.2, 0.25) is 0 Å². The van der Waals surface area contributed by atoms with Crippen LogP contribution in [-0.2, 0) is 21.4 Å². The lowest BCUT2D eigenvalue weighted by atomic mass is 10.1. The number of sulfonamides is 1. The van der Waals surface area contributed by atoms with E-state index in [0.29, 0.717) is 16.6 Å². The third-order valence-corrected chi connectivity index (χ3v) is 6.41. The summed E-state index contributed by atoms with van der Waals surface area (Å²) in [4.78, 5) is 0.245. The highest BCUT2D eigenvalue weighted by Gasteiger charge is 2.36. The third-order valence-electron chi connectivity index (χ3n) is 4.58. The average molecular weight is 387 g/mol. The molecule has 1 aliphatic rings. The van der Waals surface area contributed by atoms with Crippen LogP contribution in [-0.4, -0.2) is 32.8 Å². The molecular formula is C20H18FNO4S. The Hall–Kier alpha value is -2.48. The van der Waals surface area contributed by atoms with E-state index < -0.39 is 16.1 Å². The molecule has 3 aromatic carbocycles. The molecule has 0 saturated heterocycles. The Morgan fingerprint density at radius 3 is 2.56 bits per heavy atom. The van der Waals surface area contributed by atoms with Gasteiger partial charge in [0.15, 0.2) is 0 Å². The molecule has 3 aromatic rings. The third kappa shape index (κ3) is 3.18. The van der Waals surface area contributed by atoms with E-state index in [9.17, 15) is 17.9 Å². The molecule has 0 amide bonds. The second kappa shape index (κ2) is 6.92. The van der Waals surface area contributed by atoms with Crippen molar-refractivity contribution in [1.29, 1.82) is 0 Å². The fraction of sp³-hybridized carbons (Fsp3) is 0.200. The predicted octanol–water partition coefficient (Wildman–Crippen LogP) is 3.07. The summed E-state index contributed by atoms with van der Waals surface area (Å²) < 4.78 is 45.9. The fourth-order valence-corrected chi connectivity index (χ4v) is 5.07. The maximum Gasteiger partial charge on any atom is 0.265 e. The molecule has 0 radical (unpaired) electrons. The van der Waals surface area contributed by atoms with Crippen LogP contribution in [0.5, 0.6) is 0 Å². The van der Waals surface area contributed by atoms with E-state index in [1.807, 2.05) is 12.1 Å². The minimum Gasteiger partial charge on any atom is -0.389 e. The summed E-state index contributed by atoms with van der Waals surface area (Å²) in [5.41, 5.74) is 0.937. The monoisotopic (exact) mass is 387 g/mol. The maximum absolute atomic E-state index is 13.6. The first kappa shape index (κ1) is 17.9. The molecule has 1 N–H and O–H groups in total. The zero-order valence-electron chi connectivity index (χ0n) is 14.4. The lowest BCUT2D eigenvalue weighted by Crippen LogP contribution is -2.37. The molecule has 1 unspecified atom stereocenters. The van der Waals surface area contributed by atoms with Gasteiger partial charge in [-0.2, -0.15) is 0 Å². The number of aliphatic hydroxyl groups is 1. The van der Waals surface area contributed by atoms with Gasteiger partial charge in [-0.3, -0.25) is 4.31 Å². The molecule has 1 aliphatic heterocycles. The molecular weight excluding hydrogens is 369 g/mol. The minimum atomic E-state index is -3.72. The number of anilines is 1. The Labute approximate surface area is 156 Å². The molecule has 1 atom stereocenters. The SMILES string of the molecule is O=S1(=O)c2cccc3cccc(c23)N1CC(O)COCc1ccccc1F. The summed E-state index contributed by atoms with van der Waals surface area (Å²) in [7, 11) is -3.72. The number of hydrogen-bond donors (Lipinski definition) is 1. The summed E-state index contributed by atoms with van der Waals surface area (Å²) in [5, 5.41) is 11.8. The number of ether oxygens (including phenoxy) is 1. The largest absolute Gasteiger partial charge is 0.389 e. The van der Waals surface area contributed by atoms with Gasteiger partial charge in [-0.15, -0.1) is 0 Å². The van der Waals surface area contributed by atoms with Crippen molar-refractivity contribution in [3.63, 3.8) is 0 Å². The van der Waals surface area contributed by atoms with Crippen molar-refractivity contribution >= 4 is 26.5 Å². The average Bonchev–Trinajstić information content (AvgIpc) is 2.87. The van der Waals surface area contributed by atoms with E-state index in [1.165, 1.54) is 10.4 Å². The molecule has 0 aromatic heterocycles. The molecule has 0 spiro atoms. The molecule has 5 nitrogen and oxygen atoms in total. The number of rotatable bonds is 6. The van der Waals surface area contributed by atoms with Gasteiger partial charge in [-0.25, -0.2) is 12.8 Å². The van der Waals surface area contributed by atoms with Crippen LogP contribution in [0.1, 0.15) is 5.56 Å². The smallest absolute Gasteiger partial charge is 0.265 e. The first-order valence-electron chi connectivity index (χ1n) is 8.52. The summed E-state index contributed by atoms with van der Waals surface area (Å²) in [5.74, 6) is -0.378. The molecule has 7 heteroatoms. The molecule has 4 rings (SSSR count). The Bertz CT molecular complexity index is 1090. The van der Waals surface area contributed by atoms with Gasteiger partial charge < -0.3 is 9.84 Å². The van der Waals surface area contributed by atoms with Crippen LogP contribution in [0.15, 0.2) is 65.6 Å². The lowest BCUT2D eigenvalue weighted by Gasteiger charge is -2.22. The topological polar surface area (TPSA) is 66.8 Å².